The van der Waals surface area contributed by atoms with Crippen LogP contribution in [0.25, 0.3) is 11.0 Å². The summed E-state index contributed by atoms with van der Waals surface area (Å²) in [6.07, 6.45) is 6.60. The van der Waals surface area contributed by atoms with Crippen LogP contribution in [0.3, 0.4) is 0 Å². The van der Waals surface area contributed by atoms with Gasteiger partial charge in [-0.2, -0.15) is 0 Å². The van der Waals surface area contributed by atoms with Gasteiger partial charge in [0.2, 0.25) is 0 Å². The third-order valence-corrected chi connectivity index (χ3v) is 7.98. The maximum atomic E-state index is 5.44. The SMILES string of the molecule is [HH].c1ccc2c(c1)CC[C@H](N1CC(C3COC3)C1)[C@H]2Nc1ncnc2[nH]c(C3CC3)cc12. The first-order chi connectivity index (χ1) is 15.3. The molecule has 0 radical (unpaired) electrons. The van der Waals surface area contributed by atoms with Crippen molar-refractivity contribution in [1.29, 1.82) is 0 Å². The highest BCUT2D eigenvalue weighted by Crippen LogP contribution is 2.43. The van der Waals surface area contributed by atoms with E-state index in [-0.39, 0.29) is 7.47 Å². The molecule has 2 aromatic heterocycles. The third-order valence-electron chi connectivity index (χ3n) is 7.98. The zero-order valence-corrected chi connectivity index (χ0v) is 17.8. The zero-order chi connectivity index (χ0) is 20.4. The minimum atomic E-state index is 0. The van der Waals surface area contributed by atoms with E-state index >= 15 is 0 Å². The number of fused-ring (bicyclic) bond motifs is 2. The lowest BCUT2D eigenvalue weighted by Gasteiger charge is -2.52. The van der Waals surface area contributed by atoms with Crippen LogP contribution in [0.15, 0.2) is 36.7 Å². The normalized spacial score (nSPS) is 27.0. The molecule has 3 aromatic rings. The number of nitrogens with one attached hydrogen (secondary N) is 2. The van der Waals surface area contributed by atoms with E-state index in [1.54, 1.807) is 6.33 Å². The molecule has 1 saturated carbocycles. The highest BCUT2D eigenvalue weighted by molar-refractivity contribution is 5.88. The summed E-state index contributed by atoms with van der Waals surface area (Å²) in [4.78, 5) is 15.4. The summed E-state index contributed by atoms with van der Waals surface area (Å²) in [5, 5.41) is 5.01. The van der Waals surface area contributed by atoms with Crippen LogP contribution in [0.5, 0.6) is 0 Å². The molecule has 3 fully saturated rings. The Kier molecular flexibility index (Phi) is 4.12. The zero-order valence-electron chi connectivity index (χ0n) is 17.8. The lowest BCUT2D eigenvalue weighted by Crippen LogP contribution is -2.60. The van der Waals surface area contributed by atoms with Crippen molar-refractivity contribution in [3.63, 3.8) is 0 Å². The number of hydrogen-bond acceptors (Lipinski definition) is 5. The molecular formula is C25H31N5O. The predicted octanol–water partition coefficient (Wildman–Crippen LogP) is 4.13. The molecule has 2 saturated heterocycles. The van der Waals surface area contributed by atoms with Crippen molar-refractivity contribution in [2.24, 2.45) is 11.8 Å². The molecule has 7 rings (SSSR count). The summed E-state index contributed by atoms with van der Waals surface area (Å²) < 4.78 is 5.44. The Morgan fingerprint density at radius 3 is 2.74 bits per heavy atom. The van der Waals surface area contributed by atoms with Crippen LogP contribution in [0.4, 0.5) is 5.82 Å². The minimum absolute atomic E-state index is 0. The molecule has 6 nitrogen and oxygen atoms in total. The lowest BCUT2D eigenvalue weighted by molar-refractivity contribution is -0.109. The Morgan fingerprint density at radius 2 is 1.94 bits per heavy atom. The van der Waals surface area contributed by atoms with Crippen LogP contribution >= 0.6 is 0 Å². The molecule has 2 aliphatic carbocycles. The number of aryl methyl sites for hydroxylation is 1. The highest BCUT2D eigenvalue weighted by atomic mass is 16.5. The van der Waals surface area contributed by atoms with E-state index in [1.165, 1.54) is 49.2 Å². The van der Waals surface area contributed by atoms with Gasteiger partial charge in [-0.25, -0.2) is 9.97 Å². The molecular weight excluding hydrogens is 386 g/mol. The van der Waals surface area contributed by atoms with Crippen LogP contribution < -0.4 is 5.32 Å². The average Bonchev–Trinajstić information content (AvgIpc) is 3.48. The van der Waals surface area contributed by atoms with Crippen LogP contribution in [0.1, 0.15) is 49.5 Å². The molecule has 0 unspecified atom stereocenters. The lowest BCUT2D eigenvalue weighted by atomic mass is 9.78. The van der Waals surface area contributed by atoms with E-state index in [1.807, 2.05) is 0 Å². The Bertz CT molecular complexity index is 1120. The number of likely N-dealkylation sites (tertiary alicyclic amines) is 1. The fourth-order valence-corrected chi connectivity index (χ4v) is 5.79. The van der Waals surface area contributed by atoms with E-state index in [2.05, 4.69) is 50.5 Å². The third kappa shape index (κ3) is 3.07. The van der Waals surface area contributed by atoms with Crippen LogP contribution in [0.2, 0.25) is 0 Å². The van der Waals surface area contributed by atoms with Crippen molar-refractivity contribution in [3.05, 3.63) is 53.5 Å². The fraction of sp³-hybridized carbons (Fsp3) is 0.520. The Balaban J connectivity index is 0.00000196. The molecule has 0 spiro atoms. The number of nitrogens with zero attached hydrogens (tertiary/aromatic N) is 3. The molecule has 6 heteroatoms. The molecule has 2 atom stereocenters. The number of anilines is 1. The van der Waals surface area contributed by atoms with E-state index in [0.29, 0.717) is 12.0 Å². The van der Waals surface area contributed by atoms with Crippen molar-refractivity contribution in [1.82, 2.24) is 19.9 Å². The van der Waals surface area contributed by atoms with Gasteiger partial charge in [0, 0.05) is 32.2 Å². The Hall–Kier alpha value is -2.44. The van der Waals surface area contributed by atoms with E-state index in [4.69, 9.17) is 9.72 Å². The predicted molar refractivity (Wildman–Crippen MR) is 122 cm³/mol. The molecule has 4 aliphatic rings. The summed E-state index contributed by atoms with van der Waals surface area (Å²) in [6, 6.07) is 12.0. The molecule has 162 valence electrons. The Morgan fingerprint density at radius 1 is 1.06 bits per heavy atom. The van der Waals surface area contributed by atoms with Crippen LogP contribution in [-0.2, 0) is 11.2 Å². The van der Waals surface area contributed by atoms with Gasteiger partial charge in [-0.05, 0) is 54.7 Å². The number of benzene rings is 1. The first-order valence-corrected chi connectivity index (χ1v) is 11.8. The molecule has 31 heavy (non-hydrogen) atoms. The number of ether oxygens (including phenoxy) is 1. The number of hydrogen-bond donors (Lipinski definition) is 2. The van der Waals surface area contributed by atoms with Crippen LogP contribution in [-0.4, -0.2) is 52.2 Å². The Labute approximate surface area is 183 Å². The topological polar surface area (TPSA) is 66.1 Å². The monoisotopic (exact) mass is 417 g/mol. The molecule has 2 aliphatic heterocycles. The number of H-pyrrole nitrogens is 1. The summed E-state index contributed by atoms with van der Waals surface area (Å²) in [5.74, 6) is 3.23. The summed E-state index contributed by atoms with van der Waals surface area (Å²) in [6.45, 7) is 4.33. The van der Waals surface area contributed by atoms with Crippen LogP contribution in [0, 0.1) is 11.8 Å². The quantitative estimate of drug-likeness (QED) is 0.654. The smallest absolute Gasteiger partial charge is 0.143 e. The fourth-order valence-electron chi connectivity index (χ4n) is 5.79. The highest BCUT2D eigenvalue weighted by Gasteiger charge is 2.43. The first kappa shape index (κ1) is 18.2. The second-order valence-corrected chi connectivity index (χ2v) is 9.92. The van der Waals surface area contributed by atoms with Gasteiger partial charge in [0.05, 0.1) is 24.6 Å². The largest absolute Gasteiger partial charge is 0.381 e. The average molecular weight is 418 g/mol. The van der Waals surface area contributed by atoms with Gasteiger partial charge in [-0.3, -0.25) is 4.90 Å². The van der Waals surface area contributed by atoms with Crippen molar-refractivity contribution in [2.75, 3.05) is 31.6 Å². The second kappa shape index (κ2) is 7.04. The van der Waals surface area contributed by atoms with Gasteiger partial charge in [-0.15, -0.1) is 0 Å². The van der Waals surface area contributed by atoms with Crippen molar-refractivity contribution >= 4 is 16.9 Å². The summed E-state index contributed by atoms with van der Waals surface area (Å²) in [7, 11) is 0. The van der Waals surface area contributed by atoms with Gasteiger partial charge < -0.3 is 15.0 Å². The van der Waals surface area contributed by atoms with Gasteiger partial charge >= 0.3 is 0 Å². The number of aromatic amines is 1. The van der Waals surface area contributed by atoms with E-state index in [9.17, 15) is 0 Å². The van der Waals surface area contributed by atoms with Gasteiger partial charge in [0.25, 0.3) is 0 Å². The van der Waals surface area contributed by atoms with Gasteiger partial charge in [-0.1, -0.05) is 24.3 Å². The molecule has 0 amide bonds. The van der Waals surface area contributed by atoms with Gasteiger partial charge in [0.1, 0.15) is 17.8 Å². The first-order valence-electron chi connectivity index (χ1n) is 11.8. The van der Waals surface area contributed by atoms with E-state index in [0.717, 1.165) is 48.3 Å². The minimum Gasteiger partial charge on any atom is -0.381 e. The van der Waals surface area contributed by atoms with Crippen molar-refractivity contribution < 1.29 is 6.16 Å². The van der Waals surface area contributed by atoms with Gasteiger partial charge in [0.15, 0.2) is 0 Å². The van der Waals surface area contributed by atoms with Crippen molar-refractivity contribution in [3.8, 4) is 0 Å². The molecule has 4 heterocycles. The second-order valence-electron chi connectivity index (χ2n) is 9.92. The maximum Gasteiger partial charge on any atom is 0.143 e. The number of rotatable bonds is 5. The number of aromatic nitrogens is 3. The standard InChI is InChI=1S/C25H29N5O.H2/c1-2-4-19-15(3-1)7-8-22(30-10-17(11-30)18-12-31-13-18)23(19)29-25-20-9-21(16-5-6-16)28-24(20)26-14-27-25;/h1-4,9,14,16-18,22-23H,5-8,10-13H2,(H2,26,27,28,29);1H/t22-,23-;/m0./s1. The summed E-state index contributed by atoms with van der Waals surface area (Å²) in [5.41, 5.74) is 5.17. The van der Waals surface area contributed by atoms with E-state index < -0.39 is 0 Å². The molecule has 2 N–H and O–H groups in total. The van der Waals surface area contributed by atoms with Crippen molar-refractivity contribution in [2.45, 2.75) is 43.7 Å². The molecule has 0 bridgehead atoms. The maximum absolute atomic E-state index is 5.44. The molecule has 1 aromatic carbocycles. The summed E-state index contributed by atoms with van der Waals surface area (Å²) >= 11 is 0.